The summed E-state index contributed by atoms with van der Waals surface area (Å²) in [5.41, 5.74) is 2.00. The van der Waals surface area contributed by atoms with Crippen molar-refractivity contribution >= 4 is 40.7 Å². The number of halogens is 2. The third kappa shape index (κ3) is 1.90. The first-order chi connectivity index (χ1) is 9.49. The fraction of sp³-hybridized carbons (Fsp3) is 0.0667. The smallest absolute Gasteiger partial charge is 0.266 e. The number of hydrogen-bond donors (Lipinski definition) is 0. The van der Waals surface area contributed by atoms with Crippen molar-refractivity contribution in [2.75, 3.05) is 4.90 Å². The zero-order chi connectivity index (χ0) is 14.4. The number of carbonyl (C=O) groups is 2. The van der Waals surface area contributed by atoms with E-state index in [1.807, 2.05) is 0 Å². The molecule has 0 aliphatic carbocycles. The van der Waals surface area contributed by atoms with E-state index < -0.39 is 0 Å². The Morgan fingerprint density at radius 3 is 2.15 bits per heavy atom. The Morgan fingerprint density at radius 2 is 1.45 bits per heavy atom. The molecule has 0 bridgehead atoms. The fourth-order valence-electron chi connectivity index (χ4n) is 2.30. The van der Waals surface area contributed by atoms with Gasteiger partial charge in [-0.3, -0.25) is 9.59 Å². The van der Waals surface area contributed by atoms with Crippen LogP contribution in [0.1, 0.15) is 26.3 Å². The van der Waals surface area contributed by atoms with E-state index in [-0.39, 0.29) is 11.8 Å². The lowest BCUT2D eigenvalue weighted by Crippen LogP contribution is -2.29. The highest BCUT2D eigenvalue weighted by molar-refractivity contribution is 6.37. The summed E-state index contributed by atoms with van der Waals surface area (Å²) in [6.45, 7) is 1.80. The molecule has 0 atom stereocenters. The molecule has 3 nitrogen and oxygen atoms in total. The van der Waals surface area contributed by atoms with Crippen LogP contribution in [-0.4, -0.2) is 11.8 Å². The molecule has 2 aromatic rings. The number of rotatable bonds is 1. The first kappa shape index (κ1) is 13.2. The summed E-state index contributed by atoms with van der Waals surface area (Å²) < 4.78 is 0. The van der Waals surface area contributed by atoms with Crippen LogP contribution in [0.15, 0.2) is 36.4 Å². The minimum absolute atomic E-state index is 0.330. The number of carbonyl (C=O) groups excluding carboxylic acids is 2. The van der Waals surface area contributed by atoms with Gasteiger partial charge >= 0.3 is 0 Å². The van der Waals surface area contributed by atoms with Crippen LogP contribution in [0.25, 0.3) is 0 Å². The molecular formula is C15H9Cl2NO2. The highest BCUT2D eigenvalue weighted by atomic mass is 35.5. The third-order valence-corrected chi connectivity index (χ3v) is 3.72. The summed E-state index contributed by atoms with van der Waals surface area (Å²) in [4.78, 5) is 26.0. The predicted molar refractivity (Wildman–Crippen MR) is 78.8 cm³/mol. The molecular weight excluding hydrogens is 297 g/mol. The molecule has 3 rings (SSSR count). The lowest BCUT2D eigenvalue weighted by atomic mass is 10.1. The van der Waals surface area contributed by atoms with Gasteiger partial charge in [0.2, 0.25) is 0 Å². The van der Waals surface area contributed by atoms with Crippen molar-refractivity contribution in [1.82, 2.24) is 0 Å². The molecule has 20 heavy (non-hydrogen) atoms. The number of anilines is 1. The molecule has 0 fully saturated rings. The molecule has 0 spiro atoms. The SMILES string of the molecule is Cc1cc(Cl)ccc1N1C(=O)c2ccc(Cl)cc2C1=O. The van der Waals surface area contributed by atoms with E-state index in [9.17, 15) is 9.59 Å². The number of aryl methyl sites for hydroxylation is 1. The van der Waals surface area contributed by atoms with Gasteiger partial charge in [0.1, 0.15) is 0 Å². The van der Waals surface area contributed by atoms with Crippen LogP contribution in [0, 0.1) is 6.92 Å². The monoisotopic (exact) mass is 305 g/mol. The van der Waals surface area contributed by atoms with Gasteiger partial charge in [-0.2, -0.15) is 0 Å². The molecule has 2 amide bonds. The van der Waals surface area contributed by atoms with E-state index in [1.54, 1.807) is 37.3 Å². The standard InChI is InChI=1S/C15H9Cl2NO2/c1-8-6-9(16)3-5-13(8)18-14(19)11-4-2-10(17)7-12(11)15(18)20/h2-7H,1H3. The van der Waals surface area contributed by atoms with E-state index >= 15 is 0 Å². The highest BCUT2D eigenvalue weighted by Crippen LogP contribution is 2.32. The maximum atomic E-state index is 12.4. The summed E-state index contributed by atoms with van der Waals surface area (Å²) in [6.07, 6.45) is 0. The number of hydrogen-bond acceptors (Lipinski definition) is 2. The molecule has 0 unspecified atom stereocenters. The van der Waals surface area contributed by atoms with Crippen molar-refractivity contribution in [1.29, 1.82) is 0 Å². The Balaban J connectivity index is 2.14. The summed E-state index contributed by atoms with van der Waals surface area (Å²) in [5, 5.41) is 0.991. The van der Waals surface area contributed by atoms with Gasteiger partial charge in [0.05, 0.1) is 16.8 Å². The van der Waals surface area contributed by atoms with E-state index in [0.717, 1.165) is 10.5 Å². The van der Waals surface area contributed by atoms with Crippen molar-refractivity contribution in [2.45, 2.75) is 6.92 Å². The Bertz CT molecular complexity index is 756. The van der Waals surface area contributed by atoms with E-state index in [1.165, 1.54) is 6.07 Å². The van der Waals surface area contributed by atoms with Crippen molar-refractivity contribution in [2.24, 2.45) is 0 Å². The molecule has 100 valence electrons. The number of amides is 2. The Labute approximate surface area is 125 Å². The molecule has 0 saturated carbocycles. The highest BCUT2D eigenvalue weighted by Gasteiger charge is 2.37. The lowest BCUT2D eigenvalue weighted by Gasteiger charge is -2.16. The van der Waals surface area contributed by atoms with Crippen LogP contribution in [-0.2, 0) is 0 Å². The van der Waals surface area contributed by atoms with E-state index in [2.05, 4.69) is 0 Å². The molecule has 0 N–H and O–H groups in total. The Kier molecular flexibility index (Phi) is 3.04. The molecule has 1 aliphatic heterocycles. The predicted octanol–water partition coefficient (Wildman–Crippen LogP) is 4.10. The molecule has 1 aliphatic rings. The van der Waals surface area contributed by atoms with Crippen molar-refractivity contribution in [3.8, 4) is 0 Å². The molecule has 1 heterocycles. The number of nitrogens with zero attached hydrogens (tertiary/aromatic N) is 1. The maximum absolute atomic E-state index is 12.4. The second-order valence-corrected chi connectivity index (χ2v) is 5.44. The van der Waals surface area contributed by atoms with Crippen molar-refractivity contribution in [3.63, 3.8) is 0 Å². The van der Waals surface area contributed by atoms with Crippen molar-refractivity contribution < 1.29 is 9.59 Å². The quantitative estimate of drug-likeness (QED) is 0.744. The first-order valence-corrected chi connectivity index (χ1v) is 6.69. The molecule has 0 saturated heterocycles. The van der Waals surface area contributed by atoms with Gasteiger partial charge in [-0.1, -0.05) is 23.2 Å². The lowest BCUT2D eigenvalue weighted by molar-refractivity contribution is 0.0926. The molecule has 0 radical (unpaired) electrons. The van der Waals surface area contributed by atoms with Gasteiger partial charge in [-0.25, -0.2) is 4.90 Å². The summed E-state index contributed by atoms with van der Waals surface area (Å²) in [5.74, 6) is -0.704. The molecule has 5 heteroatoms. The van der Waals surface area contributed by atoms with Gasteiger partial charge in [-0.05, 0) is 48.9 Å². The molecule has 2 aromatic carbocycles. The van der Waals surface area contributed by atoms with Crippen LogP contribution >= 0.6 is 23.2 Å². The normalized spacial score (nSPS) is 13.8. The van der Waals surface area contributed by atoms with Gasteiger partial charge in [0.15, 0.2) is 0 Å². The van der Waals surface area contributed by atoms with Crippen LogP contribution in [0.3, 0.4) is 0 Å². The third-order valence-electron chi connectivity index (χ3n) is 3.25. The summed E-state index contributed by atoms with van der Waals surface area (Å²) >= 11 is 11.8. The Morgan fingerprint density at radius 1 is 0.850 bits per heavy atom. The van der Waals surface area contributed by atoms with Crippen LogP contribution in [0.2, 0.25) is 10.0 Å². The Hall–Kier alpha value is -1.84. The van der Waals surface area contributed by atoms with Crippen LogP contribution in [0.4, 0.5) is 5.69 Å². The molecule has 0 aromatic heterocycles. The largest absolute Gasteiger partial charge is 0.268 e. The minimum atomic E-state index is -0.363. The summed E-state index contributed by atoms with van der Waals surface area (Å²) in [6, 6.07) is 9.73. The topological polar surface area (TPSA) is 37.4 Å². The maximum Gasteiger partial charge on any atom is 0.266 e. The van der Waals surface area contributed by atoms with Gasteiger partial charge in [-0.15, -0.1) is 0 Å². The average Bonchev–Trinajstić information content (AvgIpc) is 2.63. The second kappa shape index (κ2) is 4.62. The number of fused-ring (bicyclic) bond motifs is 1. The van der Waals surface area contributed by atoms with Crippen LogP contribution < -0.4 is 4.90 Å². The van der Waals surface area contributed by atoms with Gasteiger partial charge < -0.3 is 0 Å². The minimum Gasteiger partial charge on any atom is -0.268 e. The first-order valence-electron chi connectivity index (χ1n) is 5.93. The zero-order valence-electron chi connectivity index (χ0n) is 10.5. The zero-order valence-corrected chi connectivity index (χ0v) is 12.0. The van der Waals surface area contributed by atoms with E-state index in [4.69, 9.17) is 23.2 Å². The number of imide groups is 1. The summed E-state index contributed by atoms with van der Waals surface area (Å²) in [7, 11) is 0. The second-order valence-electron chi connectivity index (χ2n) is 4.57. The fourth-order valence-corrected chi connectivity index (χ4v) is 2.70. The van der Waals surface area contributed by atoms with Crippen molar-refractivity contribution in [3.05, 3.63) is 63.1 Å². The average molecular weight is 306 g/mol. The van der Waals surface area contributed by atoms with Gasteiger partial charge in [0.25, 0.3) is 11.8 Å². The van der Waals surface area contributed by atoms with Gasteiger partial charge in [0, 0.05) is 10.0 Å². The van der Waals surface area contributed by atoms with Crippen LogP contribution in [0.5, 0.6) is 0 Å². The number of benzene rings is 2. The van der Waals surface area contributed by atoms with E-state index in [0.29, 0.717) is 26.9 Å².